The number of carbonyl (C=O) groups excluding carboxylic acids is 2. The molecule has 2 aliphatic heterocycles. The Hall–Kier alpha value is -4.86. The highest BCUT2D eigenvalue weighted by Crippen LogP contribution is 2.57. The van der Waals surface area contributed by atoms with E-state index in [1.165, 1.54) is 43.3 Å². The number of fused-ring (bicyclic) bond motifs is 6. The first-order valence-electron chi connectivity index (χ1n) is 10.2. The molecule has 10 nitrogen and oxygen atoms in total. The molecule has 0 radical (unpaired) electrons. The molecule has 0 fully saturated rings. The van der Waals surface area contributed by atoms with Crippen molar-refractivity contribution in [2.24, 2.45) is 0 Å². The quantitative estimate of drug-likeness (QED) is 0.323. The second kappa shape index (κ2) is 8.49. The van der Waals surface area contributed by atoms with E-state index in [0.717, 1.165) is 0 Å². The van der Waals surface area contributed by atoms with E-state index in [4.69, 9.17) is 14.6 Å². The van der Waals surface area contributed by atoms with E-state index in [9.17, 15) is 34.5 Å². The predicted molar refractivity (Wildman–Crippen MR) is 118 cm³/mol. The summed E-state index contributed by atoms with van der Waals surface area (Å²) >= 11 is 0. The molecule has 2 aliphatic rings. The van der Waals surface area contributed by atoms with Crippen LogP contribution >= 0.6 is 0 Å². The van der Waals surface area contributed by atoms with Crippen LogP contribution in [0.4, 0.5) is 0 Å². The summed E-state index contributed by atoms with van der Waals surface area (Å²) in [5, 5.41) is 36.8. The fourth-order valence-corrected chi connectivity index (χ4v) is 4.05. The average molecular weight is 478 g/mol. The van der Waals surface area contributed by atoms with Gasteiger partial charge in [0.15, 0.2) is 5.60 Å². The van der Waals surface area contributed by atoms with Gasteiger partial charge in [-0.2, -0.15) is 0 Å². The Morgan fingerprint density at radius 1 is 0.829 bits per heavy atom. The van der Waals surface area contributed by atoms with E-state index in [0.29, 0.717) is 16.7 Å². The summed E-state index contributed by atoms with van der Waals surface area (Å²) in [5.41, 5.74) is 0.159. The van der Waals surface area contributed by atoms with Crippen LogP contribution in [0.3, 0.4) is 0 Å². The lowest BCUT2D eigenvalue weighted by molar-refractivity contribution is -0.139. The van der Waals surface area contributed by atoms with Gasteiger partial charge in [0, 0.05) is 28.8 Å². The minimum atomic E-state index is -1.38. The first kappa shape index (κ1) is 23.3. The molecule has 0 amide bonds. The summed E-state index contributed by atoms with van der Waals surface area (Å²) in [7, 11) is 0. The van der Waals surface area contributed by atoms with Gasteiger partial charge < -0.3 is 29.9 Å². The number of carboxylic acids is 2. The Kier molecular flexibility index (Phi) is 5.65. The maximum absolute atomic E-state index is 12.7. The van der Waals surface area contributed by atoms with E-state index in [-0.39, 0.29) is 46.3 Å². The number of phenolic OH excluding ortho intramolecular Hbond substituents is 2. The van der Waals surface area contributed by atoms with E-state index in [1.54, 1.807) is 18.2 Å². The van der Waals surface area contributed by atoms with Gasteiger partial charge in [0.25, 0.3) is 0 Å². The van der Waals surface area contributed by atoms with Gasteiger partial charge in [0.1, 0.15) is 35.2 Å². The number of ketones is 1. The fraction of sp³-hybridized carbons (Fsp3) is 0.120. The molecule has 0 bridgehead atoms. The van der Waals surface area contributed by atoms with Crippen LogP contribution < -0.4 is 4.74 Å². The number of aliphatic carboxylic acids is 1. The van der Waals surface area contributed by atoms with Crippen molar-refractivity contribution in [2.75, 3.05) is 0 Å². The van der Waals surface area contributed by atoms with E-state index in [1.807, 2.05) is 0 Å². The van der Waals surface area contributed by atoms with Crippen molar-refractivity contribution in [3.05, 3.63) is 82.4 Å². The molecule has 1 spiro atoms. The molecule has 3 aromatic rings. The highest BCUT2D eigenvalue weighted by Gasteiger charge is 2.53. The van der Waals surface area contributed by atoms with Crippen molar-refractivity contribution >= 4 is 23.7 Å². The zero-order valence-corrected chi connectivity index (χ0v) is 18.1. The number of Topliss-reactive ketones (excluding diaryl/α,β-unsaturated/α-hetero) is 1. The van der Waals surface area contributed by atoms with Crippen LogP contribution in [0, 0.1) is 0 Å². The Morgan fingerprint density at radius 2 is 1.37 bits per heavy atom. The van der Waals surface area contributed by atoms with Crippen molar-refractivity contribution < 1.29 is 49.1 Å². The number of hydrogen-bond donors (Lipinski definition) is 4. The van der Waals surface area contributed by atoms with Crippen molar-refractivity contribution in [2.45, 2.75) is 18.9 Å². The van der Waals surface area contributed by atoms with Crippen LogP contribution in [-0.2, 0) is 19.9 Å². The Bertz CT molecular complexity index is 1340. The molecule has 178 valence electrons. The second-order valence-corrected chi connectivity index (χ2v) is 7.87. The van der Waals surface area contributed by atoms with Crippen LogP contribution in [0.2, 0.25) is 0 Å². The van der Waals surface area contributed by atoms with Crippen molar-refractivity contribution in [1.82, 2.24) is 0 Å². The number of aromatic hydroxyl groups is 2. The molecule has 0 aliphatic carbocycles. The van der Waals surface area contributed by atoms with E-state index >= 15 is 0 Å². The summed E-state index contributed by atoms with van der Waals surface area (Å²) in [5.74, 6) is -2.74. The van der Waals surface area contributed by atoms with Gasteiger partial charge in [-0.3, -0.25) is 9.59 Å². The third-order valence-electron chi connectivity index (χ3n) is 5.42. The van der Waals surface area contributed by atoms with Crippen molar-refractivity contribution in [1.29, 1.82) is 0 Å². The highest BCUT2D eigenvalue weighted by atomic mass is 16.6. The van der Waals surface area contributed by atoms with Crippen LogP contribution in [0.5, 0.6) is 23.0 Å². The van der Waals surface area contributed by atoms with Crippen LogP contribution in [0.1, 0.15) is 50.8 Å². The van der Waals surface area contributed by atoms with E-state index < -0.39 is 23.5 Å². The number of rotatable bonds is 3. The maximum Gasteiger partial charge on any atom is 0.340 e. The minimum absolute atomic E-state index is 0.0309. The average Bonchev–Trinajstić information content (AvgIpc) is 3.05. The fourth-order valence-electron chi connectivity index (χ4n) is 4.05. The third-order valence-corrected chi connectivity index (χ3v) is 5.42. The lowest BCUT2D eigenvalue weighted by Gasteiger charge is -2.36. The molecule has 10 heteroatoms. The Balaban J connectivity index is 0.000000364. The molecule has 4 N–H and O–H groups in total. The zero-order valence-electron chi connectivity index (χ0n) is 18.1. The monoisotopic (exact) mass is 478 g/mol. The molecular weight excluding hydrogens is 460 g/mol. The van der Waals surface area contributed by atoms with Gasteiger partial charge in [0.2, 0.25) is 0 Å². The number of hydrogen-bond acceptors (Lipinski definition) is 8. The molecule has 0 saturated heterocycles. The number of carbonyl (C=O) groups is 4. The summed E-state index contributed by atoms with van der Waals surface area (Å²) in [6, 6.07) is 13.1. The van der Waals surface area contributed by atoms with Crippen molar-refractivity contribution in [3.8, 4) is 23.0 Å². The lowest BCUT2D eigenvalue weighted by Crippen LogP contribution is -2.32. The smallest absolute Gasteiger partial charge is 0.340 e. The summed E-state index contributed by atoms with van der Waals surface area (Å²) in [6.07, 6.45) is -0.361. The molecular formula is C25H18O10. The summed E-state index contributed by atoms with van der Waals surface area (Å²) < 4.78 is 11.7. The van der Waals surface area contributed by atoms with Gasteiger partial charge in [-0.1, -0.05) is 6.07 Å². The highest BCUT2D eigenvalue weighted by molar-refractivity contribution is 6.00. The zero-order chi connectivity index (χ0) is 25.5. The second-order valence-electron chi connectivity index (χ2n) is 7.87. The molecule has 2 heterocycles. The standard InChI is InChI=1S/C21H12O7.C4H6O3/c22-11-2-5-15-17(8-11)27-18-9-12(23)3-6-16(18)21(15)14-4-1-10(19(24)25)7-13(14)20(26)28-21;1-3(5)2-4(6)7/h1-9,22-23H,(H,24,25);2H2,1H3,(H,6,7). The maximum atomic E-state index is 12.7. The molecule has 5 rings (SSSR count). The Morgan fingerprint density at radius 3 is 1.83 bits per heavy atom. The molecule has 3 aromatic carbocycles. The van der Waals surface area contributed by atoms with Gasteiger partial charge in [0.05, 0.1) is 11.1 Å². The van der Waals surface area contributed by atoms with Gasteiger partial charge >= 0.3 is 17.9 Å². The summed E-state index contributed by atoms with van der Waals surface area (Å²) in [6.45, 7) is 1.24. The number of carboxylic acid groups (broad SMARTS) is 2. The van der Waals surface area contributed by atoms with Crippen LogP contribution in [0.25, 0.3) is 0 Å². The van der Waals surface area contributed by atoms with Gasteiger partial charge in [-0.05, 0) is 43.3 Å². The van der Waals surface area contributed by atoms with Crippen LogP contribution in [-0.4, -0.2) is 44.1 Å². The lowest BCUT2D eigenvalue weighted by atomic mass is 9.77. The van der Waals surface area contributed by atoms with Crippen molar-refractivity contribution in [3.63, 3.8) is 0 Å². The topological polar surface area (TPSA) is 168 Å². The number of aromatic carboxylic acids is 1. The predicted octanol–water partition coefficient (Wildman–Crippen LogP) is 3.41. The number of ether oxygens (including phenoxy) is 2. The minimum Gasteiger partial charge on any atom is -0.508 e. The number of esters is 1. The third kappa shape index (κ3) is 4.01. The first-order valence-corrected chi connectivity index (χ1v) is 10.2. The SMILES string of the molecule is CC(=O)CC(=O)O.O=C(O)c1ccc2c(c1)C(=O)OC21c2ccc(O)cc2Oc2cc(O)ccc21. The van der Waals surface area contributed by atoms with Crippen LogP contribution in [0.15, 0.2) is 54.6 Å². The molecule has 0 unspecified atom stereocenters. The Labute approximate surface area is 197 Å². The summed E-state index contributed by atoms with van der Waals surface area (Å²) in [4.78, 5) is 43.5. The first-order chi connectivity index (χ1) is 16.5. The number of phenols is 2. The van der Waals surface area contributed by atoms with Gasteiger partial charge in [-0.25, -0.2) is 9.59 Å². The molecule has 0 saturated carbocycles. The normalized spacial score (nSPS) is 13.8. The molecule has 0 aromatic heterocycles. The molecule has 35 heavy (non-hydrogen) atoms. The largest absolute Gasteiger partial charge is 0.508 e. The number of benzene rings is 3. The van der Waals surface area contributed by atoms with E-state index in [2.05, 4.69) is 0 Å². The van der Waals surface area contributed by atoms with Gasteiger partial charge in [-0.15, -0.1) is 0 Å². The molecule has 0 atom stereocenters.